The smallest absolute Gasteiger partial charge is 0.243 e. The van der Waals surface area contributed by atoms with Gasteiger partial charge in [0, 0.05) is 31.6 Å². The van der Waals surface area contributed by atoms with Crippen LogP contribution in [0.3, 0.4) is 0 Å². The molecule has 0 atom stereocenters. The molecule has 1 aromatic rings. The van der Waals surface area contributed by atoms with Crippen LogP contribution in [0.5, 0.6) is 0 Å². The number of nitrogens with zero attached hydrogens (tertiary/aromatic N) is 2. The Morgan fingerprint density at radius 3 is 2.12 bits per heavy atom. The van der Waals surface area contributed by atoms with Gasteiger partial charge in [-0.25, -0.2) is 8.42 Å². The van der Waals surface area contributed by atoms with Crippen LogP contribution in [0, 0.1) is 37.0 Å². The number of carbonyl (C=O) groups is 2. The van der Waals surface area contributed by atoms with Crippen molar-refractivity contribution >= 4 is 21.8 Å². The van der Waals surface area contributed by atoms with Crippen molar-refractivity contribution in [3.05, 3.63) is 29.3 Å². The van der Waals surface area contributed by atoms with Gasteiger partial charge in [-0.05, 0) is 87.3 Å². The third kappa shape index (κ3) is 4.20. The average molecular weight is 474 g/mol. The molecular weight excluding hydrogens is 438 g/mol. The van der Waals surface area contributed by atoms with Gasteiger partial charge in [0.05, 0.1) is 11.4 Å². The number of amides is 2. The molecule has 2 amide bonds. The van der Waals surface area contributed by atoms with Crippen LogP contribution in [0.4, 0.5) is 0 Å². The second-order valence-electron chi connectivity index (χ2n) is 10.9. The van der Waals surface area contributed by atoms with E-state index in [0.717, 1.165) is 30.4 Å². The number of sulfonamides is 1. The van der Waals surface area contributed by atoms with Gasteiger partial charge >= 0.3 is 0 Å². The summed E-state index contributed by atoms with van der Waals surface area (Å²) >= 11 is 0. The molecule has 4 bridgehead atoms. The summed E-state index contributed by atoms with van der Waals surface area (Å²) in [4.78, 5) is 27.9. The fourth-order valence-electron chi connectivity index (χ4n) is 7.15. The number of carbonyl (C=O) groups excluding carboxylic acids is 2. The molecule has 1 aromatic carbocycles. The van der Waals surface area contributed by atoms with Gasteiger partial charge < -0.3 is 10.2 Å². The molecule has 180 valence electrons. The molecule has 7 nitrogen and oxygen atoms in total. The number of aryl methyl sites for hydroxylation is 2. The molecule has 4 aliphatic carbocycles. The normalized spacial score (nSPS) is 31.6. The monoisotopic (exact) mass is 473 g/mol. The number of hydrogen-bond acceptors (Lipinski definition) is 4. The minimum absolute atomic E-state index is 0.00429. The van der Waals surface area contributed by atoms with Crippen LogP contribution in [-0.4, -0.2) is 62.2 Å². The Labute approximate surface area is 196 Å². The molecule has 5 aliphatic rings. The predicted molar refractivity (Wildman–Crippen MR) is 125 cm³/mol. The Morgan fingerprint density at radius 2 is 1.55 bits per heavy atom. The molecule has 4 saturated carbocycles. The maximum atomic E-state index is 13.1. The summed E-state index contributed by atoms with van der Waals surface area (Å²) in [6, 6.07) is 5.44. The van der Waals surface area contributed by atoms with Gasteiger partial charge in [-0.3, -0.25) is 9.59 Å². The summed E-state index contributed by atoms with van der Waals surface area (Å²) in [5, 5.41) is 2.96. The molecule has 0 aromatic heterocycles. The lowest BCUT2D eigenvalue weighted by Gasteiger charge is -2.55. The Balaban J connectivity index is 1.15. The predicted octanol–water partition coefficient (Wildman–Crippen LogP) is 2.47. The Hall–Kier alpha value is -1.93. The number of benzene rings is 1. The van der Waals surface area contributed by atoms with Crippen LogP contribution in [0.25, 0.3) is 0 Å². The highest BCUT2D eigenvalue weighted by atomic mass is 32.2. The number of hydrogen-bond donors (Lipinski definition) is 1. The van der Waals surface area contributed by atoms with Crippen LogP contribution >= 0.6 is 0 Å². The summed E-state index contributed by atoms with van der Waals surface area (Å²) in [5.74, 6) is 1.99. The summed E-state index contributed by atoms with van der Waals surface area (Å²) < 4.78 is 27.7. The summed E-state index contributed by atoms with van der Waals surface area (Å²) in [5.41, 5.74) is 1.38. The number of nitrogens with one attached hydrogen (secondary N) is 1. The van der Waals surface area contributed by atoms with Gasteiger partial charge in [-0.15, -0.1) is 0 Å². The van der Waals surface area contributed by atoms with Crippen LogP contribution < -0.4 is 5.32 Å². The van der Waals surface area contributed by atoms with Crippen molar-refractivity contribution in [2.45, 2.75) is 57.3 Å². The molecule has 5 fully saturated rings. The summed E-state index contributed by atoms with van der Waals surface area (Å²) in [6.45, 7) is 4.91. The van der Waals surface area contributed by atoms with E-state index in [1.54, 1.807) is 17.9 Å². The molecular formula is C25H35N3O4S. The lowest BCUT2D eigenvalue weighted by Crippen LogP contribution is -2.56. The van der Waals surface area contributed by atoms with E-state index in [1.807, 2.05) is 19.1 Å². The van der Waals surface area contributed by atoms with E-state index in [9.17, 15) is 18.0 Å². The van der Waals surface area contributed by atoms with Crippen molar-refractivity contribution in [1.29, 1.82) is 0 Å². The lowest BCUT2D eigenvalue weighted by atomic mass is 9.49. The standard InChI is InChI=1S/C25H35N3O4S/c1-17-3-4-18(2)22(9-17)33(31,32)28-7-5-27(6-8-28)23(29)16-26-24(30)25-13-19-10-20(14-25)12-21(11-19)15-25/h3-4,9,19-21H,5-8,10-16H2,1-2H3,(H,26,30). The largest absolute Gasteiger partial charge is 0.347 e. The van der Waals surface area contributed by atoms with E-state index in [2.05, 4.69) is 5.32 Å². The van der Waals surface area contributed by atoms with Crippen LogP contribution in [0.2, 0.25) is 0 Å². The first-order chi connectivity index (χ1) is 15.7. The van der Waals surface area contributed by atoms with Crippen LogP contribution in [0.1, 0.15) is 49.7 Å². The van der Waals surface area contributed by atoms with Gasteiger partial charge in [-0.1, -0.05) is 12.1 Å². The van der Waals surface area contributed by atoms with E-state index in [1.165, 1.54) is 23.6 Å². The minimum atomic E-state index is -3.59. The fourth-order valence-corrected chi connectivity index (χ4v) is 8.88. The Bertz CT molecular complexity index is 1020. The minimum Gasteiger partial charge on any atom is -0.347 e. The molecule has 0 unspecified atom stereocenters. The molecule has 33 heavy (non-hydrogen) atoms. The molecule has 1 heterocycles. The van der Waals surface area contributed by atoms with Gasteiger partial charge in [0.1, 0.15) is 0 Å². The van der Waals surface area contributed by atoms with Crippen molar-refractivity contribution in [3.8, 4) is 0 Å². The third-order valence-corrected chi connectivity index (χ3v) is 10.5. The molecule has 1 N–H and O–H groups in total. The molecule has 6 rings (SSSR count). The zero-order chi connectivity index (χ0) is 23.4. The molecule has 1 saturated heterocycles. The molecule has 0 spiro atoms. The van der Waals surface area contributed by atoms with Gasteiger partial charge in [0.25, 0.3) is 0 Å². The first-order valence-electron chi connectivity index (χ1n) is 12.3. The van der Waals surface area contributed by atoms with E-state index in [0.29, 0.717) is 35.7 Å². The number of piperazine rings is 1. The van der Waals surface area contributed by atoms with E-state index in [-0.39, 0.29) is 36.9 Å². The highest BCUT2D eigenvalue weighted by molar-refractivity contribution is 7.89. The first kappa shape index (κ1) is 22.8. The Kier molecular flexibility index (Phi) is 5.80. The van der Waals surface area contributed by atoms with E-state index >= 15 is 0 Å². The highest BCUT2D eigenvalue weighted by Crippen LogP contribution is 2.60. The third-order valence-electron chi connectivity index (χ3n) is 8.47. The zero-order valence-electron chi connectivity index (χ0n) is 19.7. The summed E-state index contributed by atoms with van der Waals surface area (Å²) in [6.07, 6.45) is 6.78. The average Bonchev–Trinajstić information content (AvgIpc) is 2.78. The lowest BCUT2D eigenvalue weighted by molar-refractivity contribution is -0.148. The second-order valence-corrected chi connectivity index (χ2v) is 12.8. The maximum Gasteiger partial charge on any atom is 0.243 e. The highest BCUT2D eigenvalue weighted by Gasteiger charge is 2.54. The molecule has 0 radical (unpaired) electrons. The number of rotatable bonds is 5. The van der Waals surface area contributed by atoms with Gasteiger partial charge in [0.2, 0.25) is 21.8 Å². The maximum absolute atomic E-state index is 13.1. The van der Waals surface area contributed by atoms with Crippen LogP contribution in [-0.2, 0) is 19.6 Å². The molecule has 1 aliphatic heterocycles. The SMILES string of the molecule is Cc1ccc(C)c(S(=O)(=O)N2CCN(C(=O)CNC(=O)C34CC5CC(CC(C5)C3)C4)CC2)c1. The van der Waals surface area contributed by atoms with Crippen LogP contribution in [0.15, 0.2) is 23.1 Å². The van der Waals surface area contributed by atoms with Gasteiger partial charge in [-0.2, -0.15) is 4.31 Å². The van der Waals surface area contributed by atoms with E-state index in [4.69, 9.17) is 0 Å². The van der Waals surface area contributed by atoms with Crippen molar-refractivity contribution in [2.24, 2.45) is 23.2 Å². The summed E-state index contributed by atoms with van der Waals surface area (Å²) in [7, 11) is -3.59. The quantitative estimate of drug-likeness (QED) is 0.712. The van der Waals surface area contributed by atoms with Crippen molar-refractivity contribution in [1.82, 2.24) is 14.5 Å². The first-order valence-corrected chi connectivity index (χ1v) is 13.7. The van der Waals surface area contributed by atoms with Crippen molar-refractivity contribution < 1.29 is 18.0 Å². The topological polar surface area (TPSA) is 86.8 Å². The van der Waals surface area contributed by atoms with Gasteiger partial charge in [0.15, 0.2) is 0 Å². The fraction of sp³-hybridized carbons (Fsp3) is 0.680. The zero-order valence-corrected chi connectivity index (χ0v) is 20.5. The molecule has 8 heteroatoms. The second kappa shape index (κ2) is 8.38. The van der Waals surface area contributed by atoms with Crippen molar-refractivity contribution in [3.63, 3.8) is 0 Å². The van der Waals surface area contributed by atoms with Crippen molar-refractivity contribution in [2.75, 3.05) is 32.7 Å². The van der Waals surface area contributed by atoms with E-state index < -0.39 is 10.0 Å². The Morgan fingerprint density at radius 1 is 0.970 bits per heavy atom.